The highest BCUT2D eigenvalue weighted by molar-refractivity contribution is 7.84. The van der Waals surface area contributed by atoms with E-state index in [1.54, 1.807) is 6.26 Å². The van der Waals surface area contributed by atoms with Crippen molar-refractivity contribution in [2.75, 3.05) is 31.0 Å². The Balaban J connectivity index is 2.86. The summed E-state index contributed by atoms with van der Waals surface area (Å²) in [5.74, 6) is -0.0464. The predicted molar refractivity (Wildman–Crippen MR) is 76.5 cm³/mol. The van der Waals surface area contributed by atoms with Crippen LogP contribution in [0.15, 0.2) is 18.2 Å². The monoisotopic (exact) mass is 300 g/mol. The zero-order valence-electron chi connectivity index (χ0n) is 11.3. The van der Waals surface area contributed by atoms with Crippen LogP contribution in [0, 0.1) is 10.1 Å². The van der Waals surface area contributed by atoms with Gasteiger partial charge in [0.05, 0.1) is 17.6 Å². The molecule has 0 amide bonds. The number of nitrogens with one attached hydrogen (secondary N) is 1. The van der Waals surface area contributed by atoms with E-state index >= 15 is 0 Å². The third-order valence-electron chi connectivity index (χ3n) is 2.54. The molecule has 0 radical (unpaired) electrons. The summed E-state index contributed by atoms with van der Waals surface area (Å²) in [6.07, 6.45) is 2.21. The molecule has 20 heavy (non-hydrogen) atoms. The second kappa shape index (κ2) is 7.59. The Morgan fingerprint density at radius 1 is 1.50 bits per heavy atom. The minimum atomic E-state index is -0.899. The fourth-order valence-electron chi connectivity index (χ4n) is 1.58. The van der Waals surface area contributed by atoms with Gasteiger partial charge in [-0.1, -0.05) is 0 Å². The average Bonchev–Trinajstić information content (AvgIpc) is 2.42. The molecule has 0 aliphatic rings. The molecule has 0 aliphatic heterocycles. The Morgan fingerprint density at radius 3 is 2.75 bits per heavy atom. The van der Waals surface area contributed by atoms with E-state index in [0.29, 0.717) is 18.7 Å². The molecule has 110 valence electrons. The topological polar surface area (TPSA) is 98.5 Å². The summed E-state index contributed by atoms with van der Waals surface area (Å²) in [5, 5.41) is 13.8. The number of hydrogen-bond acceptors (Lipinski definition) is 6. The number of benzene rings is 1. The van der Waals surface area contributed by atoms with Crippen molar-refractivity contribution >= 4 is 28.1 Å². The van der Waals surface area contributed by atoms with Crippen molar-refractivity contribution < 1.29 is 18.7 Å². The number of ether oxygens (including phenoxy) is 1. The van der Waals surface area contributed by atoms with Crippen LogP contribution >= 0.6 is 0 Å². The molecular weight excluding hydrogens is 284 g/mol. The molecule has 0 saturated carbocycles. The maximum Gasteiger partial charge on any atom is 0.337 e. The van der Waals surface area contributed by atoms with Crippen LogP contribution in [0.1, 0.15) is 16.8 Å². The number of esters is 1. The van der Waals surface area contributed by atoms with Gasteiger partial charge in [-0.15, -0.1) is 0 Å². The van der Waals surface area contributed by atoms with Crippen molar-refractivity contribution in [1.82, 2.24) is 0 Å². The lowest BCUT2D eigenvalue weighted by Gasteiger charge is -2.08. The molecule has 7 nitrogen and oxygen atoms in total. The first-order valence-corrected chi connectivity index (χ1v) is 7.59. The minimum absolute atomic E-state index is 0.115. The smallest absolute Gasteiger partial charge is 0.337 e. The first kappa shape index (κ1) is 16.1. The van der Waals surface area contributed by atoms with Crippen LogP contribution in [0.3, 0.4) is 0 Å². The molecule has 0 aromatic heterocycles. The number of carbonyl (C=O) groups is 1. The van der Waals surface area contributed by atoms with Gasteiger partial charge in [-0.3, -0.25) is 14.3 Å². The zero-order chi connectivity index (χ0) is 15.1. The van der Waals surface area contributed by atoms with Gasteiger partial charge in [0, 0.05) is 35.4 Å². The lowest BCUT2D eigenvalue weighted by Crippen LogP contribution is -2.09. The molecule has 0 fully saturated rings. The van der Waals surface area contributed by atoms with Gasteiger partial charge in [-0.25, -0.2) is 4.79 Å². The Hall–Kier alpha value is -1.96. The van der Waals surface area contributed by atoms with Gasteiger partial charge >= 0.3 is 5.97 Å². The molecule has 1 rings (SSSR count). The third-order valence-corrected chi connectivity index (χ3v) is 3.40. The van der Waals surface area contributed by atoms with Crippen molar-refractivity contribution in [2.24, 2.45) is 0 Å². The van der Waals surface area contributed by atoms with Crippen molar-refractivity contribution in [1.29, 1.82) is 0 Å². The zero-order valence-corrected chi connectivity index (χ0v) is 12.1. The lowest BCUT2D eigenvalue weighted by molar-refractivity contribution is -0.384. The van der Waals surface area contributed by atoms with Crippen molar-refractivity contribution in [3.63, 3.8) is 0 Å². The van der Waals surface area contributed by atoms with Crippen LogP contribution in [0.2, 0.25) is 0 Å². The number of nitrogens with zero attached hydrogens (tertiary/aromatic N) is 1. The molecule has 0 saturated heterocycles. The van der Waals surface area contributed by atoms with E-state index in [9.17, 15) is 19.1 Å². The van der Waals surface area contributed by atoms with Crippen LogP contribution in [0.5, 0.6) is 0 Å². The van der Waals surface area contributed by atoms with E-state index in [-0.39, 0.29) is 16.9 Å². The highest BCUT2D eigenvalue weighted by Gasteiger charge is 2.16. The maximum atomic E-state index is 11.4. The van der Waals surface area contributed by atoms with Gasteiger partial charge in [0.2, 0.25) is 0 Å². The molecule has 1 aromatic carbocycles. The molecule has 0 spiro atoms. The number of nitro groups is 1. The van der Waals surface area contributed by atoms with Gasteiger partial charge in [-0.2, -0.15) is 0 Å². The summed E-state index contributed by atoms with van der Waals surface area (Å²) < 4.78 is 15.5. The van der Waals surface area contributed by atoms with E-state index in [1.165, 1.54) is 25.3 Å². The van der Waals surface area contributed by atoms with Crippen LogP contribution in [-0.2, 0) is 15.5 Å². The van der Waals surface area contributed by atoms with E-state index in [1.807, 2.05) is 0 Å². The first-order valence-electron chi connectivity index (χ1n) is 5.86. The number of rotatable bonds is 7. The molecule has 1 unspecified atom stereocenters. The molecule has 8 heteroatoms. The lowest BCUT2D eigenvalue weighted by atomic mass is 10.1. The quantitative estimate of drug-likeness (QED) is 0.355. The number of methoxy groups -OCH3 is 1. The summed E-state index contributed by atoms with van der Waals surface area (Å²) in [6, 6.07) is 3.98. The SMILES string of the molecule is COC(=O)c1ccc([N+](=O)[O-])c(NCCCS(C)=O)c1. The van der Waals surface area contributed by atoms with E-state index < -0.39 is 21.7 Å². The standard InChI is InChI=1S/C12H16N2O5S/c1-19-12(15)9-4-5-11(14(16)17)10(8-9)13-6-3-7-20(2)18/h4-5,8,13H,3,6-7H2,1-2H3. The number of anilines is 1. The summed E-state index contributed by atoms with van der Waals surface area (Å²) >= 11 is 0. The highest BCUT2D eigenvalue weighted by Crippen LogP contribution is 2.25. The summed E-state index contributed by atoms with van der Waals surface area (Å²) in [4.78, 5) is 21.8. The maximum absolute atomic E-state index is 11.4. The van der Waals surface area contributed by atoms with E-state index in [4.69, 9.17) is 0 Å². The van der Waals surface area contributed by atoms with E-state index in [2.05, 4.69) is 10.1 Å². The Labute approximate surface area is 118 Å². The number of hydrogen-bond donors (Lipinski definition) is 1. The largest absolute Gasteiger partial charge is 0.465 e. The minimum Gasteiger partial charge on any atom is -0.465 e. The van der Waals surface area contributed by atoms with E-state index in [0.717, 1.165) is 0 Å². The van der Waals surface area contributed by atoms with Crippen molar-refractivity contribution in [3.8, 4) is 0 Å². The summed E-state index contributed by atoms with van der Waals surface area (Å²) in [6.45, 7) is 0.436. The Kier molecular flexibility index (Phi) is 6.10. The van der Waals surface area contributed by atoms with Crippen LogP contribution in [0.4, 0.5) is 11.4 Å². The van der Waals surface area contributed by atoms with Crippen molar-refractivity contribution in [3.05, 3.63) is 33.9 Å². The van der Waals surface area contributed by atoms with Crippen molar-refractivity contribution in [2.45, 2.75) is 6.42 Å². The van der Waals surface area contributed by atoms with Gasteiger partial charge in [-0.05, 0) is 18.6 Å². The Morgan fingerprint density at radius 2 is 2.20 bits per heavy atom. The molecule has 0 heterocycles. The van der Waals surface area contributed by atoms with Gasteiger partial charge in [0.25, 0.3) is 5.69 Å². The fourth-order valence-corrected chi connectivity index (χ4v) is 2.13. The van der Waals surface area contributed by atoms with Crippen LogP contribution in [0.25, 0.3) is 0 Å². The molecule has 1 aromatic rings. The Bertz CT molecular complexity index is 533. The number of carbonyl (C=O) groups excluding carboxylic acids is 1. The average molecular weight is 300 g/mol. The molecule has 0 aliphatic carbocycles. The molecule has 1 N–H and O–H groups in total. The molecule has 0 bridgehead atoms. The van der Waals surface area contributed by atoms with Crippen LogP contribution in [-0.4, -0.2) is 40.8 Å². The normalized spacial score (nSPS) is 11.7. The summed E-state index contributed by atoms with van der Waals surface area (Å²) in [7, 11) is 0.345. The van der Waals surface area contributed by atoms with Crippen LogP contribution < -0.4 is 5.32 Å². The second-order valence-electron chi connectivity index (χ2n) is 4.04. The van der Waals surface area contributed by atoms with Gasteiger partial charge in [0.1, 0.15) is 5.69 Å². The van der Waals surface area contributed by atoms with Gasteiger partial charge < -0.3 is 10.1 Å². The highest BCUT2D eigenvalue weighted by atomic mass is 32.2. The predicted octanol–water partition coefficient (Wildman–Crippen LogP) is 1.56. The molecular formula is C12H16N2O5S. The second-order valence-corrected chi connectivity index (χ2v) is 5.59. The number of nitro benzene ring substituents is 1. The van der Waals surface area contributed by atoms with Gasteiger partial charge in [0.15, 0.2) is 0 Å². The summed E-state index contributed by atoms with van der Waals surface area (Å²) in [5.41, 5.74) is 0.370. The third kappa shape index (κ3) is 4.61. The fraction of sp³-hybridized carbons (Fsp3) is 0.417. The first-order chi connectivity index (χ1) is 9.45. The molecule has 1 atom stereocenters.